The highest BCUT2D eigenvalue weighted by molar-refractivity contribution is 7.17. The van der Waals surface area contributed by atoms with E-state index in [-0.39, 0.29) is 0 Å². The lowest BCUT2D eigenvalue weighted by Crippen LogP contribution is -2.42. The molecule has 19 heavy (non-hydrogen) atoms. The monoisotopic (exact) mass is 274 g/mol. The van der Waals surface area contributed by atoms with Crippen LogP contribution in [0.2, 0.25) is 0 Å². The van der Waals surface area contributed by atoms with Gasteiger partial charge < -0.3 is 10.2 Å². The fraction of sp³-hybridized carbons (Fsp3) is 0.500. The third-order valence-corrected chi connectivity index (χ3v) is 4.88. The van der Waals surface area contributed by atoms with Crippen LogP contribution in [0.1, 0.15) is 26.2 Å². The van der Waals surface area contributed by atoms with Crippen molar-refractivity contribution in [2.45, 2.75) is 32.2 Å². The van der Waals surface area contributed by atoms with Gasteiger partial charge in [-0.25, -0.2) is 0 Å². The quantitative estimate of drug-likeness (QED) is 0.910. The maximum atomic E-state index is 3.64. The predicted octanol–water partition coefficient (Wildman–Crippen LogP) is 3.87. The molecule has 1 aromatic carbocycles. The molecule has 1 aliphatic rings. The summed E-state index contributed by atoms with van der Waals surface area (Å²) in [5, 5.41) is 7.20. The number of benzene rings is 1. The summed E-state index contributed by atoms with van der Waals surface area (Å²) >= 11 is 1.82. The van der Waals surface area contributed by atoms with Gasteiger partial charge in [0.25, 0.3) is 0 Å². The van der Waals surface area contributed by atoms with Gasteiger partial charge in [0.05, 0.1) is 0 Å². The van der Waals surface area contributed by atoms with Crippen molar-refractivity contribution in [1.82, 2.24) is 5.32 Å². The molecule has 102 valence electrons. The van der Waals surface area contributed by atoms with Gasteiger partial charge in [-0.15, -0.1) is 11.3 Å². The minimum absolute atomic E-state index is 0.723. The minimum atomic E-state index is 0.723. The summed E-state index contributed by atoms with van der Waals surface area (Å²) in [6.07, 6.45) is 3.76. The first kappa shape index (κ1) is 12.9. The van der Waals surface area contributed by atoms with E-state index >= 15 is 0 Å². The van der Waals surface area contributed by atoms with Crippen molar-refractivity contribution in [1.29, 1.82) is 0 Å². The molecule has 1 aliphatic heterocycles. The average molecular weight is 274 g/mol. The zero-order valence-corrected chi connectivity index (χ0v) is 12.4. The molecule has 1 saturated heterocycles. The number of fused-ring (bicyclic) bond motifs is 1. The largest absolute Gasteiger partial charge is 0.371 e. The molecule has 0 aliphatic carbocycles. The van der Waals surface area contributed by atoms with E-state index in [1.165, 1.54) is 48.1 Å². The highest BCUT2D eigenvalue weighted by Crippen LogP contribution is 2.27. The Kier molecular flexibility index (Phi) is 4.04. The van der Waals surface area contributed by atoms with Gasteiger partial charge in [-0.1, -0.05) is 6.92 Å². The molecular weight excluding hydrogens is 252 g/mol. The van der Waals surface area contributed by atoms with Crippen LogP contribution < -0.4 is 10.2 Å². The summed E-state index contributed by atoms with van der Waals surface area (Å²) in [6.45, 7) is 5.75. The molecule has 0 spiro atoms. The highest BCUT2D eigenvalue weighted by atomic mass is 32.1. The minimum Gasteiger partial charge on any atom is -0.371 e. The Labute approximate surface area is 119 Å². The lowest BCUT2D eigenvalue weighted by molar-refractivity contribution is 0.416. The zero-order valence-electron chi connectivity index (χ0n) is 11.6. The van der Waals surface area contributed by atoms with Crippen LogP contribution in [0.25, 0.3) is 10.1 Å². The number of hydrogen-bond donors (Lipinski definition) is 1. The Morgan fingerprint density at radius 1 is 1.26 bits per heavy atom. The summed E-state index contributed by atoms with van der Waals surface area (Å²) in [5.41, 5.74) is 1.39. The molecule has 0 radical (unpaired) electrons. The number of piperidine rings is 1. The van der Waals surface area contributed by atoms with Crippen molar-refractivity contribution in [2.24, 2.45) is 0 Å². The van der Waals surface area contributed by atoms with Gasteiger partial charge in [-0.05, 0) is 60.8 Å². The van der Waals surface area contributed by atoms with E-state index in [9.17, 15) is 0 Å². The van der Waals surface area contributed by atoms with Crippen LogP contribution in [-0.2, 0) is 0 Å². The summed E-state index contributed by atoms with van der Waals surface area (Å²) in [5.74, 6) is 0. The molecule has 1 fully saturated rings. The van der Waals surface area contributed by atoms with Crippen molar-refractivity contribution in [2.75, 3.05) is 24.5 Å². The zero-order chi connectivity index (χ0) is 13.1. The van der Waals surface area contributed by atoms with E-state index in [1.807, 2.05) is 11.3 Å². The van der Waals surface area contributed by atoms with E-state index in [2.05, 4.69) is 46.8 Å². The second-order valence-corrected chi connectivity index (χ2v) is 6.31. The van der Waals surface area contributed by atoms with Crippen LogP contribution in [0.4, 0.5) is 5.69 Å². The third-order valence-electron chi connectivity index (χ3n) is 3.98. The smallest absolute Gasteiger partial charge is 0.0373 e. The molecule has 0 atom stereocenters. The van der Waals surface area contributed by atoms with Crippen LogP contribution in [0.3, 0.4) is 0 Å². The van der Waals surface area contributed by atoms with E-state index < -0.39 is 0 Å². The Morgan fingerprint density at radius 3 is 2.89 bits per heavy atom. The molecule has 0 bridgehead atoms. The van der Waals surface area contributed by atoms with Gasteiger partial charge in [0, 0.05) is 29.5 Å². The number of nitrogens with zero attached hydrogens (tertiary/aromatic N) is 1. The highest BCUT2D eigenvalue weighted by Gasteiger charge is 2.18. The predicted molar refractivity (Wildman–Crippen MR) is 85.4 cm³/mol. The van der Waals surface area contributed by atoms with E-state index in [4.69, 9.17) is 0 Å². The van der Waals surface area contributed by atoms with Gasteiger partial charge >= 0.3 is 0 Å². The SMILES string of the molecule is CCCNC1CCN(c2ccc3sccc3c2)CC1. The average Bonchev–Trinajstić information content (AvgIpc) is 2.93. The van der Waals surface area contributed by atoms with E-state index in [0.717, 1.165) is 12.6 Å². The first-order valence-electron chi connectivity index (χ1n) is 7.32. The van der Waals surface area contributed by atoms with Crippen LogP contribution in [0.15, 0.2) is 29.6 Å². The number of anilines is 1. The first-order valence-corrected chi connectivity index (χ1v) is 8.20. The summed E-state index contributed by atoms with van der Waals surface area (Å²) in [7, 11) is 0. The van der Waals surface area contributed by atoms with Crippen LogP contribution in [0, 0.1) is 0 Å². The number of nitrogens with one attached hydrogen (secondary N) is 1. The summed E-state index contributed by atoms with van der Waals surface area (Å²) in [4.78, 5) is 2.53. The molecule has 2 aromatic rings. The Hall–Kier alpha value is -1.06. The molecular formula is C16H22N2S. The fourth-order valence-electron chi connectivity index (χ4n) is 2.84. The molecule has 0 saturated carbocycles. The van der Waals surface area contributed by atoms with Crippen LogP contribution >= 0.6 is 11.3 Å². The topological polar surface area (TPSA) is 15.3 Å². The molecule has 2 heterocycles. The van der Waals surface area contributed by atoms with Gasteiger partial charge in [0.1, 0.15) is 0 Å². The molecule has 0 unspecified atom stereocenters. The molecule has 2 nitrogen and oxygen atoms in total. The first-order chi connectivity index (χ1) is 9.36. The van der Waals surface area contributed by atoms with Gasteiger partial charge in [0.2, 0.25) is 0 Å². The molecule has 1 N–H and O–H groups in total. The standard InChI is InChI=1S/C16H22N2S/c1-2-8-17-14-5-9-18(10-6-14)15-3-4-16-13(12-15)7-11-19-16/h3-4,7,11-12,14,17H,2,5-6,8-10H2,1H3. The molecule has 0 amide bonds. The van der Waals surface area contributed by atoms with E-state index in [0.29, 0.717) is 0 Å². The lowest BCUT2D eigenvalue weighted by Gasteiger charge is -2.34. The van der Waals surface area contributed by atoms with Crippen molar-refractivity contribution in [3.63, 3.8) is 0 Å². The number of hydrogen-bond acceptors (Lipinski definition) is 3. The van der Waals surface area contributed by atoms with Crippen molar-refractivity contribution in [3.8, 4) is 0 Å². The number of thiophene rings is 1. The molecule has 1 aromatic heterocycles. The van der Waals surface area contributed by atoms with Crippen LogP contribution in [0.5, 0.6) is 0 Å². The lowest BCUT2D eigenvalue weighted by atomic mass is 10.0. The second kappa shape index (κ2) is 5.93. The summed E-state index contributed by atoms with van der Waals surface area (Å²) in [6, 6.07) is 9.82. The normalized spacial score (nSPS) is 17.2. The van der Waals surface area contributed by atoms with Crippen molar-refractivity contribution >= 4 is 27.1 Å². The second-order valence-electron chi connectivity index (χ2n) is 5.36. The van der Waals surface area contributed by atoms with Gasteiger partial charge in [-0.2, -0.15) is 0 Å². The fourth-order valence-corrected chi connectivity index (χ4v) is 3.61. The maximum Gasteiger partial charge on any atom is 0.0373 e. The molecule has 3 heteroatoms. The summed E-state index contributed by atoms with van der Waals surface area (Å²) < 4.78 is 1.39. The Morgan fingerprint density at radius 2 is 2.11 bits per heavy atom. The van der Waals surface area contributed by atoms with Gasteiger partial charge in [-0.3, -0.25) is 0 Å². The van der Waals surface area contributed by atoms with Crippen molar-refractivity contribution < 1.29 is 0 Å². The van der Waals surface area contributed by atoms with Crippen molar-refractivity contribution in [3.05, 3.63) is 29.6 Å². The number of rotatable bonds is 4. The molecule has 3 rings (SSSR count). The Balaban J connectivity index is 1.64. The third kappa shape index (κ3) is 2.93. The van der Waals surface area contributed by atoms with Crippen LogP contribution in [-0.4, -0.2) is 25.7 Å². The van der Waals surface area contributed by atoms with E-state index in [1.54, 1.807) is 0 Å². The Bertz CT molecular complexity index is 526. The van der Waals surface area contributed by atoms with Gasteiger partial charge in [0.15, 0.2) is 0 Å². The maximum absolute atomic E-state index is 3.64.